The Morgan fingerprint density at radius 2 is 2.16 bits per heavy atom. The van der Waals surface area contributed by atoms with Crippen LogP contribution in [0.2, 0.25) is 0 Å². The van der Waals surface area contributed by atoms with Crippen molar-refractivity contribution in [2.45, 2.75) is 38.8 Å². The average Bonchev–Trinajstić information content (AvgIpc) is 3.27. The highest BCUT2D eigenvalue weighted by Crippen LogP contribution is 2.23. The van der Waals surface area contributed by atoms with Gasteiger partial charge in [0, 0.05) is 18.4 Å². The molecule has 2 aromatic rings. The van der Waals surface area contributed by atoms with Crippen molar-refractivity contribution in [2.75, 3.05) is 11.9 Å². The third kappa shape index (κ3) is 7.44. The Balaban J connectivity index is 1.46. The van der Waals surface area contributed by atoms with Gasteiger partial charge in [0.2, 0.25) is 5.91 Å². The zero-order valence-electron chi connectivity index (χ0n) is 16.5. The Labute approximate surface area is 175 Å². The molecule has 1 aliphatic rings. The number of rotatable bonds is 9. The second kappa shape index (κ2) is 9.64. The van der Waals surface area contributed by atoms with Gasteiger partial charge in [-0.15, -0.1) is 23.8 Å². The maximum absolute atomic E-state index is 14.2. The normalized spacial score (nSPS) is 14.7. The predicted octanol–water partition coefficient (Wildman–Crippen LogP) is 2.27. The smallest absolute Gasteiger partial charge is 0.406 e. The molecule has 9 nitrogen and oxygen atoms in total. The number of anilines is 1. The molecule has 1 aliphatic heterocycles. The summed E-state index contributed by atoms with van der Waals surface area (Å²) in [7, 11) is 0. The molecule has 0 saturated heterocycles. The summed E-state index contributed by atoms with van der Waals surface area (Å²) in [4.78, 5) is 12.1. The first-order valence-corrected chi connectivity index (χ1v) is 9.32. The van der Waals surface area contributed by atoms with Crippen molar-refractivity contribution in [3.8, 4) is 5.75 Å². The monoisotopic (exact) mass is 443 g/mol. The number of carbonyl (C=O) groups excluding carboxylic acids is 1. The maximum atomic E-state index is 14.2. The van der Waals surface area contributed by atoms with Gasteiger partial charge in [-0.3, -0.25) is 9.80 Å². The number of hydrogen-bond acceptors (Lipinski definition) is 7. The van der Waals surface area contributed by atoms with Crippen LogP contribution in [0.25, 0.3) is 0 Å². The van der Waals surface area contributed by atoms with Crippen LogP contribution in [0.5, 0.6) is 5.75 Å². The Bertz CT molecular complexity index is 932. The summed E-state index contributed by atoms with van der Waals surface area (Å²) >= 11 is 0. The predicted molar refractivity (Wildman–Crippen MR) is 102 cm³/mol. The maximum Gasteiger partial charge on any atom is 0.573 e. The van der Waals surface area contributed by atoms with Crippen LogP contribution in [0.4, 0.5) is 23.4 Å². The van der Waals surface area contributed by atoms with Crippen molar-refractivity contribution >= 4 is 11.7 Å². The van der Waals surface area contributed by atoms with Crippen LogP contribution in [0, 0.1) is 0 Å². The van der Waals surface area contributed by atoms with E-state index in [2.05, 4.69) is 31.3 Å². The van der Waals surface area contributed by atoms with Crippen molar-refractivity contribution in [3.63, 3.8) is 0 Å². The van der Waals surface area contributed by atoms with Crippen LogP contribution < -0.4 is 21.0 Å². The van der Waals surface area contributed by atoms with E-state index in [1.54, 1.807) is 5.01 Å². The van der Waals surface area contributed by atoms with Gasteiger partial charge in [0.15, 0.2) is 5.82 Å². The van der Waals surface area contributed by atoms with E-state index in [1.807, 2.05) is 13.1 Å². The van der Waals surface area contributed by atoms with Crippen molar-refractivity contribution in [3.05, 3.63) is 47.9 Å². The van der Waals surface area contributed by atoms with Crippen LogP contribution in [0.1, 0.15) is 18.9 Å². The minimum Gasteiger partial charge on any atom is -0.406 e. The zero-order valence-corrected chi connectivity index (χ0v) is 16.5. The average molecular weight is 443 g/mol. The minimum atomic E-state index is -4.81. The van der Waals surface area contributed by atoms with E-state index in [9.17, 15) is 22.4 Å². The van der Waals surface area contributed by atoms with Crippen LogP contribution in [-0.4, -0.2) is 45.0 Å². The van der Waals surface area contributed by atoms with Crippen LogP contribution in [0.3, 0.4) is 0 Å². The number of hydrogen-bond donors (Lipinski definition) is 3. The number of halogens is 4. The molecule has 2 heterocycles. The first-order valence-electron chi connectivity index (χ1n) is 9.32. The SMILES string of the molecule is CC1=CN(CCC(F)Cn2cc(NC(=O)Cc3cccc(OC(F)(F)F)c3)nn2)NN1. The Morgan fingerprint density at radius 3 is 2.87 bits per heavy atom. The molecule has 1 amide bonds. The molecule has 1 aromatic carbocycles. The highest BCUT2D eigenvalue weighted by Gasteiger charge is 2.31. The number of benzene rings is 1. The fraction of sp³-hybridized carbons (Fsp3) is 0.389. The van der Waals surface area contributed by atoms with E-state index in [-0.39, 0.29) is 25.2 Å². The van der Waals surface area contributed by atoms with Gasteiger partial charge in [0.1, 0.15) is 11.9 Å². The van der Waals surface area contributed by atoms with E-state index in [0.717, 1.165) is 17.8 Å². The molecule has 1 aromatic heterocycles. The number of nitrogens with zero attached hydrogens (tertiary/aromatic N) is 4. The van der Waals surface area contributed by atoms with Gasteiger partial charge in [0.05, 0.1) is 19.2 Å². The summed E-state index contributed by atoms with van der Waals surface area (Å²) < 4.78 is 56.2. The first-order chi connectivity index (χ1) is 14.7. The lowest BCUT2D eigenvalue weighted by Gasteiger charge is -2.16. The lowest BCUT2D eigenvalue weighted by atomic mass is 10.1. The standard InChI is InChI=1S/C18H21F4N7O2/c1-12-9-28(26-24-12)6-5-14(19)10-29-11-16(25-27-29)23-17(30)8-13-3-2-4-15(7-13)31-18(20,21)22/h2-4,7,9,11,14,24,26H,5-6,8,10H2,1H3,(H,23,30). The third-order valence-corrected chi connectivity index (χ3v) is 4.12. The van der Waals surface area contributed by atoms with Crippen molar-refractivity contribution in [1.29, 1.82) is 0 Å². The molecule has 0 radical (unpaired) electrons. The molecule has 168 valence electrons. The molecule has 1 atom stereocenters. The molecular weight excluding hydrogens is 422 g/mol. The number of ether oxygens (including phenoxy) is 1. The number of alkyl halides is 4. The Kier molecular flexibility index (Phi) is 6.95. The second-order valence-corrected chi connectivity index (χ2v) is 6.87. The van der Waals surface area contributed by atoms with Crippen LogP contribution in [0.15, 0.2) is 42.4 Å². The Morgan fingerprint density at radius 1 is 1.35 bits per heavy atom. The molecule has 0 saturated carbocycles. The van der Waals surface area contributed by atoms with E-state index in [1.165, 1.54) is 23.0 Å². The van der Waals surface area contributed by atoms with Crippen LogP contribution >= 0.6 is 0 Å². The molecular formula is C18H21F4N7O2. The summed E-state index contributed by atoms with van der Waals surface area (Å²) in [5.74, 6) is -0.810. The highest BCUT2D eigenvalue weighted by atomic mass is 19.4. The fourth-order valence-corrected chi connectivity index (χ4v) is 2.82. The topological polar surface area (TPSA) is 96.3 Å². The lowest BCUT2D eigenvalue weighted by Crippen LogP contribution is -2.37. The largest absolute Gasteiger partial charge is 0.573 e. The summed E-state index contributed by atoms with van der Waals surface area (Å²) in [6.45, 7) is 2.28. The van der Waals surface area contributed by atoms with E-state index in [4.69, 9.17) is 0 Å². The minimum absolute atomic E-state index is 0.0380. The molecule has 3 N–H and O–H groups in total. The second-order valence-electron chi connectivity index (χ2n) is 6.87. The molecule has 1 unspecified atom stereocenters. The fourth-order valence-electron chi connectivity index (χ4n) is 2.82. The van der Waals surface area contributed by atoms with Gasteiger partial charge in [-0.05, 0) is 31.0 Å². The van der Waals surface area contributed by atoms with Gasteiger partial charge in [0.25, 0.3) is 0 Å². The van der Waals surface area contributed by atoms with E-state index < -0.39 is 24.2 Å². The number of allylic oxidation sites excluding steroid dienone is 1. The number of carbonyl (C=O) groups is 1. The number of aromatic nitrogens is 3. The number of hydrazine groups is 2. The summed E-state index contributed by atoms with van der Waals surface area (Å²) in [5.41, 5.74) is 7.00. The Hall–Kier alpha value is -3.35. The quantitative estimate of drug-likeness (QED) is 0.512. The van der Waals surface area contributed by atoms with Crippen LogP contribution in [-0.2, 0) is 17.8 Å². The third-order valence-electron chi connectivity index (χ3n) is 4.12. The molecule has 0 spiro atoms. The molecule has 0 aliphatic carbocycles. The van der Waals surface area contributed by atoms with Crippen molar-refractivity contribution in [1.82, 2.24) is 31.0 Å². The van der Waals surface area contributed by atoms with Gasteiger partial charge < -0.3 is 15.5 Å². The van der Waals surface area contributed by atoms with E-state index >= 15 is 0 Å². The summed E-state index contributed by atoms with van der Waals surface area (Å²) in [6.07, 6.45) is -2.75. The molecule has 3 rings (SSSR count). The van der Waals surface area contributed by atoms with Crippen molar-refractivity contribution in [2.24, 2.45) is 0 Å². The first kappa shape index (κ1) is 22.3. The highest BCUT2D eigenvalue weighted by molar-refractivity contribution is 5.91. The van der Waals surface area contributed by atoms with E-state index in [0.29, 0.717) is 12.1 Å². The molecule has 13 heteroatoms. The van der Waals surface area contributed by atoms with Gasteiger partial charge in [-0.1, -0.05) is 17.3 Å². The lowest BCUT2D eigenvalue weighted by molar-refractivity contribution is -0.274. The van der Waals surface area contributed by atoms with Crippen molar-refractivity contribution < 1.29 is 27.1 Å². The molecule has 0 fully saturated rings. The summed E-state index contributed by atoms with van der Waals surface area (Å²) in [6, 6.07) is 5.11. The van der Waals surface area contributed by atoms with Gasteiger partial charge >= 0.3 is 6.36 Å². The molecule has 0 bridgehead atoms. The number of nitrogens with one attached hydrogen (secondary N) is 3. The number of amides is 1. The molecule has 31 heavy (non-hydrogen) atoms. The van der Waals surface area contributed by atoms with Gasteiger partial charge in [-0.2, -0.15) is 0 Å². The van der Waals surface area contributed by atoms with Gasteiger partial charge in [-0.25, -0.2) is 9.07 Å². The summed E-state index contributed by atoms with van der Waals surface area (Å²) in [5, 5.41) is 11.7. The zero-order chi connectivity index (χ0) is 22.4.